The van der Waals surface area contributed by atoms with Crippen LogP contribution in [0, 0.1) is 0 Å². The molecular weight excluding hydrogens is 286 g/mol. The lowest BCUT2D eigenvalue weighted by molar-refractivity contribution is 0.178. The lowest BCUT2D eigenvalue weighted by atomic mass is 10.2. The van der Waals surface area contributed by atoms with Crippen LogP contribution in [0.4, 0.5) is 0 Å². The summed E-state index contributed by atoms with van der Waals surface area (Å²) in [6.45, 7) is 15.9. The number of rotatable bonds is 10. The molecule has 0 bridgehead atoms. The van der Waals surface area contributed by atoms with Crippen molar-refractivity contribution < 1.29 is 0 Å². The van der Waals surface area contributed by atoms with Gasteiger partial charge in [-0.1, -0.05) is 0 Å². The summed E-state index contributed by atoms with van der Waals surface area (Å²) in [5, 5.41) is 6.86. The highest BCUT2D eigenvalue weighted by molar-refractivity contribution is 5.79. The van der Waals surface area contributed by atoms with Gasteiger partial charge < -0.3 is 15.5 Å². The Morgan fingerprint density at radius 2 is 1.61 bits per heavy atom. The van der Waals surface area contributed by atoms with E-state index >= 15 is 0 Å². The first kappa shape index (κ1) is 20.2. The molecule has 0 radical (unpaired) electrons. The Balaban J connectivity index is 2.09. The molecule has 1 aliphatic heterocycles. The lowest BCUT2D eigenvalue weighted by Crippen LogP contribution is -2.45. The second-order valence-corrected chi connectivity index (χ2v) is 7.11. The van der Waals surface area contributed by atoms with Crippen LogP contribution in [-0.2, 0) is 0 Å². The molecule has 1 saturated heterocycles. The molecule has 1 aliphatic rings. The van der Waals surface area contributed by atoms with Crippen molar-refractivity contribution in [3.63, 3.8) is 0 Å². The molecule has 2 N–H and O–H groups in total. The molecule has 0 aromatic heterocycles. The fraction of sp³-hybridized carbons (Fsp3) is 0.944. The monoisotopic (exact) mass is 325 g/mol. The highest BCUT2D eigenvalue weighted by Crippen LogP contribution is 2.07. The van der Waals surface area contributed by atoms with Crippen molar-refractivity contribution >= 4 is 5.96 Å². The maximum Gasteiger partial charge on any atom is 0.191 e. The van der Waals surface area contributed by atoms with Gasteiger partial charge in [-0.3, -0.25) is 9.89 Å². The normalized spacial score (nSPS) is 16.8. The minimum Gasteiger partial charge on any atom is -0.356 e. The van der Waals surface area contributed by atoms with Crippen LogP contribution in [0.25, 0.3) is 0 Å². The summed E-state index contributed by atoms with van der Waals surface area (Å²) in [7, 11) is 1.85. The molecular formula is C18H39N5. The minimum atomic E-state index is 0.581. The van der Waals surface area contributed by atoms with Gasteiger partial charge in [0.1, 0.15) is 0 Å². The van der Waals surface area contributed by atoms with E-state index in [1.54, 1.807) is 0 Å². The topological polar surface area (TPSA) is 42.9 Å². The van der Waals surface area contributed by atoms with E-state index in [9.17, 15) is 0 Å². The van der Waals surface area contributed by atoms with Gasteiger partial charge in [-0.25, -0.2) is 0 Å². The molecule has 0 amide bonds. The number of nitrogens with zero attached hydrogens (tertiary/aromatic N) is 3. The number of nitrogens with one attached hydrogen (secondary N) is 2. The predicted octanol–water partition coefficient (Wildman–Crippen LogP) is 2.15. The van der Waals surface area contributed by atoms with Crippen LogP contribution >= 0.6 is 0 Å². The van der Waals surface area contributed by atoms with E-state index in [0.29, 0.717) is 12.1 Å². The second kappa shape index (κ2) is 11.7. The van der Waals surface area contributed by atoms with Crippen LogP contribution in [-0.4, -0.2) is 74.2 Å². The number of aliphatic imine (C=N–C) groups is 1. The average molecular weight is 326 g/mol. The third-order valence-electron chi connectivity index (χ3n) is 4.60. The van der Waals surface area contributed by atoms with Gasteiger partial charge in [0.05, 0.1) is 0 Å². The zero-order valence-electron chi connectivity index (χ0n) is 16.1. The van der Waals surface area contributed by atoms with Crippen LogP contribution in [0.15, 0.2) is 4.99 Å². The SMILES string of the molecule is CN=C(NCCCCN1CCCC1)NCCN(C(C)C)C(C)C. The second-order valence-electron chi connectivity index (χ2n) is 7.11. The molecule has 1 heterocycles. The maximum atomic E-state index is 4.32. The first-order valence-electron chi connectivity index (χ1n) is 9.47. The van der Waals surface area contributed by atoms with Crippen LogP contribution in [0.3, 0.4) is 0 Å². The van der Waals surface area contributed by atoms with Gasteiger partial charge in [-0.15, -0.1) is 0 Å². The first-order chi connectivity index (χ1) is 11.0. The predicted molar refractivity (Wildman–Crippen MR) is 101 cm³/mol. The summed E-state index contributed by atoms with van der Waals surface area (Å²) < 4.78 is 0. The van der Waals surface area contributed by atoms with Gasteiger partial charge >= 0.3 is 0 Å². The Morgan fingerprint density at radius 1 is 1.00 bits per heavy atom. The first-order valence-corrected chi connectivity index (χ1v) is 9.47. The molecule has 1 fully saturated rings. The van der Waals surface area contributed by atoms with E-state index in [0.717, 1.165) is 25.6 Å². The van der Waals surface area contributed by atoms with Crippen molar-refractivity contribution in [2.45, 2.75) is 65.5 Å². The highest BCUT2D eigenvalue weighted by Gasteiger charge is 2.13. The third kappa shape index (κ3) is 8.56. The Hall–Kier alpha value is -0.810. The standard InChI is InChI=1S/C18H39N5/c1-16(2)23(17(3)4)15-11-21-18(19-5)20-10-6-7-12-22-13-8-9-14-22/h16-17H,6-15H2,1-5H3,(H2,19,20,21). The Kier molecular flexibility index (Phi) is 10.3. The van der Waals surface area contributed by atoms with Gasteiger partial charge in [-0.05, 0) is 73.0 Å². The fourth-order valence-electron chi connectivity index (χ4n) is 3.31. The van der Waals surface area contributed by atoms with Gasteiger partial charge in [0.15, 0.2) is 5.96 Å². The van der Waals surface area contributed by atoms with Crippen molar-refractivity contribution in [1.29, 1.82) is 0 Å². The lowest BCUT2D eigenvalue weighted by Gasteiger charge is -2.30. The molecule has 0 saturated carbocycles. The molecule has 23 heavy (non-hydrogen) atoms. The zero-order chi connectivity index (χ0) is 17.1. The van der Waals surface area contributed by atoms with Crippen molar-refractivity contribution in [3.8, 4) is 0 Å². The summed E-state index contributed by atoms with van der Waals surface area (Å²) in [4.78, 5) is 9.39. The van der Waals surface area contributed by atoms with E-state index in [1.165, 1.54) is 45.3 Å². The minimum absolute atomic E-state index is 0.581. The van der Waals surface area contributed by atoms with Gasteiger partial charge in [0.2, 0.25) is 0 Å². The summed E-state index contributed by atoms with van der Waals surface area (Å²) in [6.07, 6.45) is 5.26. The van der Waals surface area contributed by atoms with Gasteiger partial charge in [0, 0.05) is 38.8 Å². The van der Waals surface area contributed by atoms with Crippen molar-refractivity contribution in [2.75, 3.05) is 46.3 Å². The van der Waals surface area contributed by atoms with Crippen LogP contribution < -0.4 is 10.6 Å². The summed E-state index contributed by atoms with van der Waals surface area (Å²) in [5.74, 6) is 0.929. The number of likely N-dealkylation sites (tertiary alicyclic amines) is 1. The largest absolute Gasteiger partial charge is 0.356 e. The number of hydrogen-bond acceptors (Lipinski definition) is 3. The van der Waals surface area contributed by atoms with E-state index in [2.05, 4.69) is 53.1 Å². The van der Waals surface area contributed by atoms with Crippen molar-refractivity contribution in [2.24, 2.45) is 4.99 Å². The number of hydrogen-bond donors (Lipinski definition) is 2. The molecule has 5 nitrogen and oxygen atoms in total. The van der Waals surface area contributed by atoms with Crippen LogP contribution in [0.5, 0.6) is 0 Å². The number of unbranched alkanes of at least 4 members (excludes halogenated alkanes) is 1. The van der Waals surface area contributed by atoms with Gasteiger partial charge in [-0.2, -0.15) is 0 Å². The average Bonchev–Trinajstić information content (AvgIpc) is 3.01. The zero-order valence-corrected chi connectivity index (χ0v) is 16.1. The van der Waals surface area contributed by atoms with Crippen LogP contribution in [0.2, 0.25) is 0 Å². The molecule has 1 rings (SSSR count). The molecule has 0 spiro atoms. The molecule has 0 unspecified atom stereocenters. The van der Waals surface area contributed by atoms with E-state index in [4.69, 9.17) is 0 Å². The molecule has 0 atom stereocenters. The third-order valence-corrected chi connectivity index (χ3v) is 4.60. The highest BCUT2D eigenvalue weighted by atomic mass is 15.2. The Bertz CT molecular complexity index is 313. The molecule has 5 heteroatoms. The fourth-order valence-corrected chi connectivity index (χ4v) is 3.31. The van der Waals surface area contributed by atoms with E-state index in [-0.39, 0.29) is 0 Å². The quantitative estimate of drug-likeness (QED) is 0.367. The molecule has 0 aliphatic carbocycles. The van der Waals surface area contributed by atoms with E-state index < -0.39 is 0 Å². The Labute approximate surface area is 143 Å². The van der Waals surface area contributed by atoms with E-state index in [1.807, 2.05) is 7.05 Å². The maximum absolute atomic E-state index is 4.32. The summed E-state index contributed by atoms with van der Waals surface area (Å²) in [5.41, 5.74) is 0. The molecule has 0 aromatic carbocycles. The van der Waals surface area contributed by atoms with Crippen LogP contribution in [0.1, 0.15) is 53.4 Å². The smallest absolute Gasteiger partial charge is 0.191 e. The summed E-state index contributed by atoms with van der Waals surface area (Å²) >= 11 is 0. The summed E-state index contributed by atoms with van der Waals surface area (Å²) in [6, 6.07) is 1.16. The Morgan fingerprint density at radius 3 is 2.17 bits per heavy atom. The number of guanidine groups is 1. The van der Waals surface area contributed by atoms with Gasteiger partial charge in [0.25, 0.3) is 0 Å². The van der Waals surface area contributed by atoms with Crippen molar-refractivity contribution in [3.05, 3.63) is 0 Å². The molecule has 136 valence electrons. The molecule has 0 aromatic rings. The van der Waals surface area contributed by atoms with Crippen molar-refractivity contribution in [1.82, 2.24) is 20.4 Å².